The Balaban J connectivity index is 1.77. The third-order valence-corrected chi connectivity index (χ3v) is 3.33. The highest BCUT2D eigenvalue weighted by Gasteiger charge is 2.23. The Labute approximate surface area is 113 Å². The van der Waals surface area contributed by atoms with Crippen LogP contribution in [0.15, 0.2) is 24.3 Å². The van der Waals surface area contributed by atoms with Gasteiger partial charge in [0.05, 0.1) is 13.2 Å². The highest BCUT2D eigenvalue weighted by molar-refractivity contribution is 5.92. The van der Waals surface area contributed by atoms with Crippen molar-refractivity contribution in [1.82, 2.24) is 4.90 Å². The molecule has 104 valence electrons. The quantitative estimate of drug-likeness (QED) is 0.783. The smallest absolute Gasteiger partial charge is 0.238 e. The summed E-state index contributed by atoms with van der Waals surface area (Å²) in [6, 6.07) is 7.18. The Bertz CT molecular complexity index is 419. The fourth-order valence-corrected chi connectivity index (χ4v) is 2.40. The molecule has 5 nitrogen and oxygen atoms in total. The van der Waals surface area contributed by atoms with E-state index in [1.165, 1.54) is 0 Å². The number of nitrogens with zero attached hydrogens (tertiary/aromatic N) is 1. The van der Waals surface area contributed by atoms with Crippen molar-refractivity contribution in [2.45, 2.75) is 6.42 Å². The molecule has 0 radical (unpaired) electrons. The maximum absolute atomic E-state index is 11.9. The van der Waals surface area contributed by atoms with E-state index >= 15 is 0 Å². The molecule has 0 bridgehead atoms. The molecule has 3 N–H and O–H groups in total. The highest BCUT2D eigenvalue weighted by atomic mass is 16.5. The van der Waals surface area contributed by atoms with Crippen molar-refractivity contribution in [2.75, 3.05) is 44.4 Å². The largest absolute Gasteiger partial charge is 0.399 e. The Morgan fingerprint density at radius 3 is 2.89 bits per heavy atom. The van der Waals surface area contributed by atoms with Crippen molar-refractivity contribution < 1.29 is 9.53 Å². The molecule has 1 aliphatic rings. The first-order valence-corrected chi connectivity index (χ1v) is 6.54. The summed E-state index contributed by atoms with van der Waals surface area (Å²) in [6.45, 7) is 3.10. The molecule has 1 atom stereocenters. The van der Waals surface area contributed by atoms with E-state index in [1.807, 2.05) is 12.1 Å². The summed E-state index contributed by atoms with van der Waals surface area (Å²) in [5, 5.41) is 2.88. The third kappa shape index (κ3) is 4.22. The van der Waals surface area contributed by atoms with E-state index in [9.17, 15) is 4.79 Å². The summed E-state index contributed by atoms with van der Waals surface area (Å²) in [5.74, 6) is 0.567. The summed E-state index contributed by atoms with van der Waals surface area (Å²) in [7, 11) is 1.72. The van der Waals surface area contributed by atoms with Gasteiger partial charge in [-0.2, -0.15) is 0 Å². The second-order valence-electron chi connectivity index (χ2n) is 5.02. The molecule has 1 aromatic carbocycles. The van der Waals surface area contributed by atoms with Crippen molar-refractivity contribution in [1.29, 1.82) is 0 Å². The molecule has 1 unspecified atom stereocenters. The summed E-state index contributed by atoms with van der Waals surface area (Å²) in [4.78, 5) is 14.1. The third-order valence-electron chi connectivity index (χ3n) is 3.33. The maximum Gasteiger partial charge on any atom is 0.238 e. The Hall–Kier alpha value is -1.59. The van der Waals surface area contributed by atoms with Crippen molar-refractivity contribution in [2.24, 2.45) is 5.92 Å². The van der Waals surface area contributed by atoms with Crippen LogP contribution < -0.4 is 11.1 Å². The first kappa shape index (κ1) is 13.8. The minimum Gasteiger partial charge on any atom is -0.399 e. The molecule has 1 aliphatic heterocycles. The Morgan fingerprint density at radius 2 is 2.21 bits per heavy atom. The second-order valence-corrected chi connectivity index (χ2v) is 5.02. The number of carbonyl (C=O) groups is 1. The number of hydrogen-bond acceptors (Lipinski definition) is 4. The lowest BCUT2D eigenvalue weighted by Gasteiger charge is -2.15. The van der Waals surface area contributed by atoms with Crippen LogP contribution in [0.1, 0.15) is 6.42 Å². The van der Waals surface area contributed by atoms with Gasteiger partial charge in [-0.15, -0.1) is 0 Å². The maximum atomic E-state index is 11.9. The summed E-state index contributed by atoms with van der Waals surface area (Å²) >= 11 is 0. The zero-order valence-corrected chi connectivity index (χ0v) is 11.3. The van der Waals surface area contributed by atoms with Gasteiger partial charge >= 0.3 is 0 Å². The standard InChI is InChI=1S/C14H21N3O2/c1-19-10-11-6-7-17(8-11)9-14(18)16-13-4-2-12(15)3-5-13/h2-5,11H,6-10,15H2,1H3,(H,16,18). The number of nitrogens with one attached hydrogen (secondary N) is 1. The molecule has 5 heteroatoms. The molecule has 1 aromatic rings. The lowest BCUT2D eigenvalue weighted by molar-refractivity contribution is -0.117. The molecule has 0 aliphatic carbocycles. The number of rotatable bonds is 5. The predicted molar refractivity (Wildman–Crippen MR) is 75.9 cm³/mol. The van der Waals surface area contributed by atoms with E-state index < -0.39 is 0 Å². The van der Waals surface area contributed by atoms with Crippen LogP contribution in [0.5, 0.6) is 0 Å². The molecule has 0 aromatic heterocycles. The number of benzene rings is 1. The SMILES string of the molecule is COCC1CCN(CC(=O)Nc2ccc(N)cc2)C1. The molecule has 1 amide bonds. The molecule has 0 spiro atoms. The first-order chi connectivity index (χ1) is 9.17. The minimum absolute atomic E-state index is 0.0165. The monoisotopic (exact) mass is 263 g/mol. The van der Waals surface area contributed by atoms with Crippen LogP contribution in [0, 0.1) is 5.92 Å². The van der Waals surface area contributed by atoms with Crippen molar-refractivity contribution in [3.05, 3.63) is 24.3 Å². The fraction of sp³-hybridized carbons (Fsp3) is 0.500. The van der Waals surface area contributed by atoms with Crippen LogP contribution in [0.25, 0.3) is 0 Å². The molecule has 1 saturated heterocycles. The zero-order chi connectivity index (χ0) is 13.7. The molecular weight excluding hydrogens is 242 g/mol. The van der Waals surface area contributed by atoms with E-state index in [-0.39, 0.29) is 5.91 Å². The average molecular weight is 263 g/mol. The second kappa shape index (κ2) is 6.54. The van der Waals surface area contributed by atoms with Crippen molar-refractivity contribution in [3.63, 3.8) is 0 Å². The Morgan fingerprint density at radius 1 is 1.47 bits per heavy atom. The number of anilines is 2. The van der Waals surface area contributed by atoms with Gasteiger partial charge in [0.25, 0.3) is 0 Å². The number of nitrogens with two attached hydrogens (primary N) is 1. The highest BCUT2D eigenvalue weighted by Crippen LogP contribution is 2.16. The number of methoxy groups -OCH3 is 1. The van der Waals surface area contributed by atoms with Gasteiger partial charge in [-0.3, -0.25) is 9.69 Å². The van der Waals surface area contributed by atoms with Gasteiger partial charge in [0.1, 0.15) is 0 Å². The summed E-state index contributed by atoms with van der Waals surface area (Å²) < 4.78 is 5.15. The fourth-order valence-electron chi connectivity index (χ4n) is 2.40. The summed E-state index contributed by atoms with van der Waals surface area (Å²) in [5.41, 5.74) is 7.08. The van der Waals surface area contributed by atoms with Gasteiger partial charge in [-0.25, -0.2) is 0 Å². The van der Waals surface area contributed by atoms with Crippen LogP contribution in [0.3, 0.4) is 0 Å². The van der Waals surface area contributed by atoms with E-state index in [0.717, 1.165) is 31.8 Å². The van der Waals surface area contributed by atoms with Crippen LogP contribution in [-0.4, -0.2) is 44.2 Å². The topological polar surface area (TPSA) is 67.6 Å². The van der Waals surface area contributed by atoms with E-state index in [2.05, 4.69) is 10.2 Å². The molecular formula is C14H21N3O2. The van der Waals surface area contributed by atoms with Gasteiger partial charge in [-0.05, 0) is 43.1 Å². The predicted octanol–water partition coefficient (Wildman–Crippen LogP) is 1.18. The number of likely N-dealkylation sites (tertiary alicyclic amines) is 1. The lowest BCUT2D eigenvalue weighted by atomic mass is 10.1. The van der Waals surface area contributed by atoms with Crippen LogP contribution in [0.4, 0.5) is 11.4 Å². The van der Waals surface area contributed by atoms with E-state index in [1.54, 1.807) is 19.2 Å². The van der Waals surface area contributed by atoms with Crippen molar-refractivity contribution in [3.8, 4) is 0 Å². The normalized spacial score (nSPS) is 19.5. The molecule has 2 rings (SSSR count). The van der Waals surface area contributed by atoms with Crippen molar-refractivity contribution >= 4 is 17.3 Å². The molecule has 19 heavy (non-hydrogen) atoms. The van der Waals surface area contributed by atoms with Crippen LogP contribution in [-0.2, 0) is 9.53 Å². The van der Waals surface area contributed by atoms with Crippen LogP contribution >= 0.6 is 0 Å². The summed E-state index contributed by atoms with van der Waals surface area (Å²) in [6.07, 6.45) is 1.10. The van der Waals surface area contributed by atoms with Gasteiger partial charge < -0.3 is 15.8 Å². The van der Waals surface area contributed by atoms with Gasteiger partial charge in [0.2, 0.25) is 5.91 Å². The Kier molecular flexibility index (Phi) is 4.76. The minimum atomic E-state index is 0.0165. The number of carbonyl (C=O) groups excluding carboxylic acids is 1. The molecule has 1 fully saturated rings. The van der Waals surface area contributed by atoms with E-state index in [0.29, 0.717) is 18.2 Å². The average Bonchev–Trinajstić information content (AvgIpc) is 2.80. The molecule has 1 heterocycles. The van der Waals surface area contributed by atoms with Gasteiger partial charge in [0, 0.05) is 25.0 Å². The zero-order valence-electron chi connectivity index (χ0n) is 11.3. The van der Waals surface area contributed by atoms with Crippen LogP contribution in [0.2, 0.25) is 0 Å². The number of nitrogen functional groups attached to an aromatic ring is 1. The van der Waals surface area contributed by atoms with E-state index in [4.69, 9.17) is 10.5 Å². The number of ether oxygens (including phenoxy) is 1. The number of hydrogen-bond donors (Lipinski definition) is 2. The van der Waals surface area contributed by atoms with Gasteiger partial charge in [0.15, 0.2) is 0 Å². The number of amides is 1. The first-order valence-electron chi connectivity index (χ1n) is 6.54. The van der Waals surface area contributed by atoms with Gasteiger partial charge in [-0.1, -0.05) is 0 Å². The molecule has 0 saturated carbocycles. The lowest BCUT2D eigenvalue weighted by Crippen LogP contribution is -2.31.